The van der Waals surface area contributed by atoms with E-state index in [1.807, 2.05) is 0 Å². The van der Waals surface area contributed by atoms with Gasteiger partial charge in [-0.15, -0.1) is 0 Å². The number of benzene rings is 1. The van der Waals surface area contributed by atoms with Gasteiger partial charge in [-0.3, -0.25) is 9.59 Å². The highest BCUT2D eigenvalue weighted by Gasteiger charge is 2.18. The Morgan fingerprint density at radius 1 is 1.17 bits per heavy atom. The van der Waals surface area contributed by atoms with Crippen molar-refractivity contribution < 1.29 is 9.59 Å². The molecule has 94 valence electrons. The summed E-state index contributed by atoms with van der Waals surface area (Å²) in [7, 11) is 0. The number of Topliss-reactive ketones (excluding diaryl/α,β-unsaturated/α-hetero) is 2. The highest BCUT2D eigenvalue weighted by atomic mass is 16.2. The third-order valence-electron chi connectivity index (χ3n) is 2.58. The van der Waals surface area contributed by atoms with Gasteiger partial charge in [-0.25, -0.2) is 0 Å². The summed E-state index contributed by atoms with van der Waals surface area (Å²) < 4.78 is 0. The van der Waals surface area contributed by atoms with E-state index in [9.17, 15) is 9.59 Å². The zero-order chi connectivity index (χ0) is 13.5. The standard InChI is InChI=1S/C15H17NO2/c1-3-5-12(4-2)14(17)15(18)13-8-6-11(10-16)7-9-13/h3-9H,10,16H2,1-2H3/b5-3-,12-4+. The second-order valence-electron chi connectivity index (χ2n) is 3.80. The smallest absolute Gasteiger partial charge is 0.233 e. The van der Waals surface area contributed by atoms with Crippen LogP contribution in [0.4, 0.5) is 0 Å². The molecule has 0 aliphatic carbocycles. The molecule has 0 saturated heterocycles. The monoisotopic (exact) mass is 243 g/mol. The van der Waals surface area contributed by atoms with E-state index in [0.717, 1.165) is 5.56 Å². The Bertz CT molecular complexity index is 496. The molecule has 1 rings (SSSR count). The number of hydrogen-bond acceptors (Lipinski definition) is 3. The highest BCUT2D eigenvalue weighted by Crippen LogP contribution is 2.09. The topological polar surface area (TPSA) is 60.2 Å². The molecule has 0 amide bonds. The minimum atomic E-state index is -0.496. The lowest BCUT2D eigenvalue weighted by molar-refractivity contribution is -0.111. The first-order chi connectivity index (χ1) is 8.63. The second kappa shape index (κ2) is 6.67. The van der Waals surface area contributed by atoms with Crippen LogP contribution in [0, 0.1) is 0 Å². The summed E-state index contributed by atoms with van der Waals surface area (Å²) in [5, 5.41) is 0. The molecule has 0 aliphatic rings. The molecule has 0 saturated carbocycles. The lowest BCUT2D eigenvalue weighted by Gasteiger charge is -2.02. The minimum Gasteiger partial charge on any atom is -0.326 e. The van der Waals surface area contributed by atoms with E-state index < -0.39 is 11.6 Å². The number of carbonyl (C=O) groups is 2. The van der Waals surface area contributed by atoms with Gasteiger partial charge in [0.25, 0.3) is 0 Å². The predicted molar refractivity (Wildman–Crippen MR) is 72.2 cm³/mol. The van der Waals surface area contributed by atoms with Gasteiger partial charge < -0.3 is 5.73 Å². The zero-order valence-corrected chi connectivity index (χ0v) is 10.6. The van der Waals surface area contributed by atoms with Crippen LogP contribution in [0.1, 0.15) is 29.8 Å². The molecule has 0 unspecified atom stereocenters. The molecular weight excluding hydrogens is 226 g/mol. The van der Waals surface area contributed by atoms with Crippen molar-refractivity contribution in [2.45, 2.75) is 20.4 Å². The summed E-state index contributed by atoms with van der Waals surface area (Å²) >= 11 is 0. The van der Waals surface area contributed by atoms with Crippen LogP contribution in [0.5, 0.6) is 0 Å². The number of allylic oxidation sites excluding steroid dienone is 4. The van der Waals surface area contributed by atoms with Crippen molar-refractivity contribution in [3.05, 3.63) is 59.2 Å². The quantitative estimate of drug-likeness (QED) is 0.374. The maximum Gasteiger partial charge on any atom is 0.233 e. The molecule has 0 spiro atoms. The second-order valence-corrected chi connectivity index (χ2v) is 3.80. The summed E-state index contributed by atoms with van der Waals surface area (Å²) in [5.74, 6) is -0.985. The Morgan fingerprint density at radius 3 is 2.22 bits per heavy atom. The Balaban J connectivity index is 2.96. The fraction of sp³-hybridized carbons (Fsp3) is 0.200. The maximum atomic E-state index is 12.0. The van der Waals surface area contributed by atoms with Gasteiger partial charge in [0.2, 0.25) is 11.6 Å². The van der Waals surface area contributed by atoms with E-state index in [-0.39, 0.29) is 0 Å². The van der Waals surface area contributed by atoms with Gasteiger partial charge in [0.15, 0.2) is 0 Å². The van der Waals surface area contributed by atoms with Crippen molar-refractivity contribution in [3.63, 3.8) is 0 Å². The first kappa shape index (κ1) is 14.1. The molecule has 3 nitrogen and oxygen atoms in total. The molecule has 0 atom stereocenters. The van der Waals surface area contributed by atoms with Crippen LogP contribution in [0.25, 0.3) is 0 Å². The van der Waals surface area contributed by atoms with Crippen LogP contribution in [-0.4, -0.2) is 11.6 Å². The third kappa shape index (κ3) is 3.25. The van der Waals surface area contributed by atoms with Crippen molar-refractivity contribution in [2.75, 3.05) is 0 Å². The fourth-order valence-electron chi connectivity index (χ4n) is 1.54. The molecular formula is C15H17NO2. The van der Waals surface area contributed by atoms with E-state index in [2.05, 4.69) is 0 Å². The number of carbonyl (C=O) groups excluding carboxylic acids is 2. The molecule has 0 heterocycles. The SMILES string of the molecule is C/C=C\C(=C/C)C(=O)C(=O)c1ccc(CN)cc1. The van der Waals surface area contributed by atoms with Crippen LogP contribution in [0.15, 0.2) is 48.1 Å². The van der Waals surface area contributed by atoms with Crippen molar-refractivity contribution in [1.82, 2.24) is 0 Å². The van der Waals surface area contributed by atoms with Gasteiger partial charge in [-0.1, -0.05) is 42.5 Å². The molecule has 0 bridgehead atoms. The zero-order valence-electron chi connectivity index (χ0n) is 10.6. The molecule has 1 aromatic carbocycles. The molecule has 0 aromatic heterocycles. The maximum absolute atomic E-state index is 12.0. The van der Waals surface area contributed by atoms with E-state index >= 15 is 0 Å². The molecule has 0 aliphatic heterocycles. The van der Waals surface area contributed by atoms with Gasteiger partial charge in [0.1, 0.15) is 0 Å². The van der Waals surface area contributed by atoms with Gasteiger partial charge in [0, 0.05) is 17.7 Å². The predicted octanol–water partition coefficient (Wildman–Crippen LogP) is 2.42. The Hall–Kier alpha value is -2.00. The van der Waals surface area contributed by atoms with Crippen molar-refractivity contribution in [1.29, 1.82) is 0 Å². The van der Waals surface area contributed by atoms with Gasteiger partial charge in [-0.2, -0.15) is 0 Å². The summed E-state index contributed by atoms with van der Waals surface area (Å²) in [4.78, 5) is 23.9. The third-order valence-corrected chi connectivity index (χ3v) is 2.58. The van der Waals surface area contributed by atoms with Crippen LogP contribution < -0.4 is 5.73 Å². The molecule has 2 N–H and O–H groups in total. The molecule has 0 fully saturated rings. The first-order valence-corrected chi connectivity index (χ1v) is 5.81. The van der Waals surface area contributed by atoms with E-state index in [4.69, 9.17) is 5.73 Å². The van der Waals surface area contributed by atoms with E-state index in [0.29, 0.717) is 17.7 Å². The van der Waals surface area contributed by atoms with Crippen LogP contribution >= 0.6 is 0 Å². The Morgan fingerprint density at radius 2 is 1.78 bits per heavy atom. The summed E-state index contributed by atoms with van der Waals surface area (Å²) in [6.07, 6.45) is 5.00. The number of rotatable bonds is 5. The largest absolute Gasteiger partial charge is 0.326 e. The minimum absolute atomic E-state index is 0.390. The Kier molecular flexibility index (Phi) is 5.21. The van der Waals surface area contributed by atoms with E-state index in [1.54, 1.807) is 56.3 Å². The average molecular weight is 243 g/mol. The van der Waals surface area contributed by atoms with E-state index in [1.165, 1.54) is 0 Å². The number of hydrogen-bond donors (Lipinski definition) is 1. The van der Waals surface area contributed by atoms with Gasteiger partial charge in [0.05, 0.1) is 0 Å². The van der Waals surface area contributed by atoms with Crippen LogP contribution in [0.3, 0.4) is 0 Å². The van der Waals surface area contributed by atoms with Crippen molar-refractivity contribution >= 4 is 11.6 Å². The van der Waals surface area contributed by atoms with Gasteiger partial charge in [-0.05, 0) is 19.4 Å². The summed E-state index contributed by atoms with van der Waals surface area (Å²) in [6, 6.07) is 6.77. The lowest BCUT2D eigenvalue weighted by atomic mass is 10.00. The fourth-order valence-corrected chi connectivity index (χ4v) is 1.54. The van der Waals surface area contributed by atoms with Gasteiger partial charge >= 0.3 is 0 Å². The van der Waals surface area contributed by atoms with Crippen molar-refractivity contribution in [2.24, 2.45) is 5.73 Å². The lowest BCUT2D eigenvalue weighted by Crippen LogP contribution is -2.15. The van der Waals surface area contributed by atoms with Crippen molar-refractivity contribution in [3.8, 4) is 0 Å². The number of ketones is 2. The Labute approximate surface area is 107 Å². The summed E-state index contributed by atoms with van der Waals surface area (Å²) in [5.41, 5.74) is 7.20. The first-order valence-electron chi connectivity index (χ1n) is 5.81. The summed E-state index contributed by atoms with van der Waals surface area (Å²) in [6.45, 7) is 3.95. The molecule has 1 aromatic rings. The van der Waals surface area contributed by atoms with Crippen LogP contribution in [-0.2, 0) is 11.3 Å². The molecule has 3 heteroatoms. The molecule has 18 heavy (non-hydrogen) atoms. The molecule has 0 radical (unpaired) electrons. The normalized spacial score (nSPS) is 11.8. The van der Waals surface area contributed by atoms with Crippen LogP contribution in [0.2, 0.25) is 0 Å². The number of nitrogens with two attached hydrogens (primary N) is 1. The highest BCUT2D eigenvalue weighted by molar-refractivity contribution is 6.49. The average Bonchev–Trinajstić information content (AvgIpc) is 2.43.